The number of imidazole rings is 1. The average molecular weight is 548 g/mol. The van der Waals surface area contributed by atoms with Gasteiger partial charge in [0.25, 0.3) is 0 Å². The fourth-order valence-corrected chi connectivity index (χ4v) is 5.81. The summed E-state index contributed by atoms with van der Waals surface area (Å²) in [6, 6.07) is 16.0. The molecule has 9 nitrogen and oxygen atoms in total. The number of nitrogens with zero attached hydrogens (tertiary/aromatic N) is 4. The molecular weight excluding hydrogens is 514 g/mol. The maximum Gasteiger partial charge on any atom is 0.243 e. The predicted molar refractivity (Wildman–Crippen MR) is 150 cm³/mol. The highest BCUT2D eigenvalue weighted by molar-refractivity contribution is 7.89. The normalized spacial score (nSPS) is 13.5. The number of hydrogen-bond donors (Lipinski definition) is 2. The lowest BCUT2D eigenvalue weighted by Gasteiger charge is -2.20. The summed E-state index contributed by atoms with van der Waals surface area (Å²) in [6.07, 6.45) is 5.58. The van der Waals surface area contributed by atoms with Crippen molar-refractivity contribution >= 4 is 21.4 Å². The molecule has 2 N–H and O–H groups in total. The number of anilines is 2. The molecule has 3 heterocycles. The van der Waals surface area contributed by atoms with E-state index in [1.165, 1.54) is 4.31 Å². The van der Waals surface area contributed by atoms with Gasteiger partial charge in [0.2, 0.25) is 10.0 Å². The first kappa shape index (κ1) is 26.9. The molecule has 1 aliphatic rings. The minimum Gasteiger partial charge on any atom is -0.497 e. The lowest BCUT2D eigenvalue weighted by Crippen LogP contribution is -2.26. The lowest BCUT2D eigenvalue weighted by atomic mass is 10.0. The third-order valence-corrected chi connectivity index (χ3v) is 8.67. The largest absolute Gasteiger partial charge is 0.497 e. The molecule has 204 valence electrons. The highest BCUT2D eigenvalue weighted by atomic mass is 32.2. The first-order valence-corrected chi connectivity index (χ1v) is 14.2. The number of ether oxygens (including phenoxy) is 1. The van der Waals surface area contributed by atoms with Crippen molar-refractivity contribution in [2.75, 3.05) is 19.5 Å². The molecule has 0 amide bonds. The first-order valence-electron chi connectivity index (χ1n) is 12.8. The van der Waals surface area contributed by atoms with Crippen LogP contribution in [0.2, 0.25) is 0 Å². The smallest absolute Gasteiger partial charge is 0.243 e. The molecule has 2 aromatic heterocycles. The van der Waals surface area contributed by atoms with Crippen LogP contribution in [0.4, 0.5) is 11.4 Å². The van der Waals surface area contributed by atoms with Gasteiger partial charge in [0.1, 0.15) is 17.2 Å². The molecule has 0 unspecified atom stereocenters. The van der Waals surface area contributed by atoms with Gasteiger partial charge >= 0.3 is 0 Å². The van der Waals surface area contributed by atoms with Crippen LogP contribution in [0.5, 0.6) is 5.75 Å². The van der Waals surface area contributed by atoms with E-state index in [9.17, 15) is 13.5 Å². The molecule has 4 aromatic rings. The number of aryl methyl sites for hydroxylation is 2. The molecule has 2 aromatic carbocycles. The van der Waals surface area contributed by atoms with Crippen molar-refractivity contribution in [1.29, 1.82) is 0 Å². The summed E-state index contributed by atoms with van der Waals surface area (Å²) in [7, 11) is -0.619. The van der Waals surface area contributed by atoms with Gasteiger partial charge in [-0.15, -0.1) is 0 Å². The molecule has 0 spiro atoms. The Morgan fingerprint density at radius 3 is 2.54 bits per heavy atom. The summed E-state index contributed by atoms with van der Waals surface area (Å²) >= 11 is 0. The van der Waals surface area contributed by atoms with Crippen molar-refractivity contribution in [3.8, 4) is 17.0 Å². The van der Waals surface area contributed by atoms with Crippen molar-refractivity contribution in [1.82, 2.24) is 18.8 Å². The number of pyridine rings is 1. The summed E-state index contributed by atoms with van der Waals surface area (Å²) in [6.45, 7) is 4.49. The first-order chi connectivity index (χ1) is 18.5. The van der Waals surface area contributed by atoms with Crippen LogP contribution >= 0.6 is 0 Å². The van der Waals surface area contributed by atoms with Gasteiger partial charge in [-0.2, -0.15) is 4.31 Å². The van der Waals surface area contributed by atoms with E-state index in [0.29, 0.717) is 34.1 Å². The summed E-state index contributed by atoms with van der Waals surface area (Å²) < 4.78 is 35.9. The Hall–Kier alpha value is -3.73. The number of rotatable bonds is 9. The van der Waals surface area contributed by atoms with E-state index in [0.717, 1.165) is 30.8 Å². The van der Waals surface area contributed by atoms with E-state index in [2.05, 4.69) is 14.9 Å². The second-order valence-electron chi connectivity index (χ2n) is 10.3. The molecule has 0 saturated carbocycles. The number of fused-ring (bicyclic) bond motifs is 1. The third kappa shape index (κ3) is 5.68. The molecule has 5 rings (SSSR count). The van der Waals surface area contributed by atoms with Gasteiger partial charge in [-0.25, -0.2) is 13.4 Å². The Kier molecular flexibility index (Phi) is 7.19. The highest BCUT2D eigenvalue weighted by Crippen LogP contribution is 2.34. The van der Waals surface area contributed by atoms with Crippen molar-refractivity contribution in [2.24, 2.45) is 0 Å². The van der Waals surface area contributed by atoms with Gasteiger partial charge in [0.15, 0.2) is 0 Å². The number of sulfonamides is 1. The van der Waals surface area contributed by atoms with Crippen molar-refractivity contribution in [3.05, 3.63) is 84.1 Å². The number of hydrogen-bond acceptors (Lipinski definition) is 7. The van der Waals surface area contributed by atoms with E-state index >= 15 is 0 Å². The molecule has 0 fully saturated rings. The topological polar surface area (TPSA) is 110 Å². The van der Waals surface area contributed by atoms with Crippen LogP contribution in [0, 0.1) is 0 Å². The van der Waals surface area contributed by atoms with E-state index < -0.39 is 15.6 Å². The number of benzene rings is 2. The Labute approximate surface area is 229 Å². The van der Waals surface area contributed by atoms with Crippen LogP contribution in [0.25, 0.3) is 11.3 Å². The van der Waals surface area contributed by atoms with Gasteiger partial charge in [-0.1, -0.05) is 12.1 Å². The molecule has 0 atom stereocenters. The molecular formula is C29H33N5O4S. The molecule has 39 heavy (non-hydrogen) atoms. The Balaban J connectivity index is 1.48. The Bertz CT molecular complexity index is 1550. The van der Waals surface area contributed by atoms with Crippen molar-refractivity contribution in [3.63, 3.8) is 0 Å². The standard InChI is InChI=1S/C29H33N5O4S/c1-29(2,35)27-14-9-21(17-30-27)31-25-13-12-23(16-24(25)26-19-34-15-5-6-28(34)32-26)39(36,37)33(3)18-20-7-10-22(38-4)11-8-20/h7-14,16-17,19,31,35H,5-6,15,18H2,1-4H3. The zero-order valence-electron chi connectivity index (χ0n) is 22.5. The zero-order chi connectivity index (χ0) is 27.8. The van der Waals surface area contributed by atoms with Crippen LogP contribution in [-0.4, -0.2) is 46.5 Å². The molecule has 10 heteroatoms. The van der Waals surface area contributed by atoms with Gasteiger partial charge < -0.3 is 19.7 Å². The Morgan fingerprint density at radius 1 is 1.13 bits per heavy atom. The van der Waals surface area contributed by atoms with Gasteiger partial charge in [0, 0.05) is 44.0 Å². The average Bonchev–Trinajstić information content (AvgIpc) is 3.52. The molecule has 1 aliphatic heterocycles. The van der Waals surface area contributed by atoms with Crippen LogP contribution in [0.15, 0.2) is 71.9 Å². The summed E-state index contributed by atoms with van der Waals surface area (Å²) in [5, 5.41) is 13.6. The second-order valence-corrected chi connectivity index (χ2v) is 12.3. The monoisotopic (exact) mass is 547 g/mol. The van der Waals surface area contributed by atoms with Crippen LogP contribution < -0.4 is 10.1 Å². The molecule has 0 saturated heterocycles. The number of nitrogens with one attached hydrogen (secondary N) is 1. The van der Waals surface area contributed by atoms with Crippen LogP contribution in [0.3, 0.4) is 0 Å². The van der Waals surface area contributed by atoms with Gasteiger partial charge in [-0.05, 0) is 68.3 Å². The van der Waals surface area contributed by atoms with E-state index in [4.69, 9.17) is 9.72 Å². The van der Waals surface area contributed by atoms with Crippen LogP contribution in [0.1, 0.15) is 37.4 Å². The van der Waals surface area contributed by atoms with E-state index in [-0.39, 0.29) is 11.4 Å². The molecule has 0 bridgehead atoms. The zero-order valence-corrected chi connectivity index (χ0v) is 23.4. The minimum absolute atomic E-state index is 0.183. The SMILES string of the molecule is COc1ccc(CN(C)S(=O)(=O)c2ccc(Nc3ccc(C(C)(C)O)nc3)c(-c3cn4c(n3)CCC4)c2)cc1. The summed E-state index contributed by atoms with van der Waals surface area (Å²) in [5.74, 6) is 1.71. The predicted octanol–water partition coefficient (Wildman–Crippen LogP) is 4.69. The molecule has 0 aliphatic carbocycles. The van der Waals surface area contributed by atoms with Crippen molar-refractivity contribution < 1.29 is 18.3 Å². The third-order valence-electron chi connectivity index (χ3n) is 6.87. The fraction of sp³-hybridized carbons (Fsp3) is 0.310. The minimum atomic E-state index is -3.79. The maximum absolute atomic E-state index is 13.6. The Morgan fingerprint density at radius 2 is 1.90 bits per heavy atom. The quantitative estimate of drug-likeness (QED) is 0.313. The van der Waals surface area contributed by atoms with Crippen molar-refractivity contribution in [2.45, 2.75) is 50.3 Å². The number of methoxy groups -OCH3 is 1. The number of aliphatic hydroxyl groups is 1. The lowest BCUT2D eigenvalue weighted by molar-refractivity contribution is 0.0739. The van der Waals surface area contributed by atoms with Gasteiger partial charge in [-0.3, -0.25) is 4.98 Å². The van der Waals surface area contributed by atoms with E-state index in [1.807, 2.05) is 36.5 Å². The van der Waals surface area contributed by atoms with Crippen LogP contribution in [-0.2, 0) is 35.1 Å². The second kappa shape index (κ2) is 10.4. The summed E-state index contributed by atoms with van der Waals surface area (Å²) in [5.41, 5.74) is 3.18. The molecule has 0 radical (unpaired) electrons. The van der Waals surface area contributed by atoms with E-state index in [1.54, 1.807) is 58.5 Å². The maximum atomic E-state index is 13.6. The number of aromatic nitrogens is 3. The summed E-state index contributed by atoms with van der Waals surface area (Å²) in [4.78, 5) is 9.38. The van der Waals surface area contributed by atoms with Gasteiger partial charge in [0.05, 0.1) is 35.3 Å². The fourth-order valence-electron chi connectivity index (χ4n) is 4.63. The highest BCUT2D eigenvalue weighted by Gasteiger charge is 2.24.